The Labute approximate surface area is 109 Å². The van der Waals surface area contributed by atoms with E-state index in [-0.39, 0.29) is 5.78 Å². The van der Waals surface area contributed by atoms with Crippen LogP contribution in [0.3, 0.4) is 0 Å². The number of ketones is 1. The van der Waals surface area contributed by atoms with Crippen molar-refractivity contribution in [1.82, 2.24) is 4.98 Å². The van der Waals surface area contributed by atoms with Crippen molar-refractivity contribution < 1.29 is 9.21 Å². The lowest BCUT2D eigenvalue weighted by Gasteiger charge is -1.95. The highest BCUT2D eigenvalue weighted by Gasteiger charge is 2.09. The van der Waals surface area contributed by atoms with E-state index < -0.39 is 0 Å². The molecule has 0 bridgehead atoms. The number of anilines is 1. The molecule has 0 saturated carbocycles. The first-order chi connectivity index (χ1) is 9.13. The second-order valence-corrected chi connectivity index (χ2v) is 4.38. The molecule has 2 N–H and O–H groups in total. The Hall–Kier alpha value is -2.62. The van der Waals surface area contributed by atoms with Crippen molar-refractivity contribution in [2.45, 2.75) is 6.92 Å². The first kappa shape index (κ1) is 11.5. The lowest BCUT2D eigenvalue weighted by Crippen LogP contribution is -1.89. The smallest absolute Gasteiger partial charge is 0.227 e. The number of carbonyl (C=O) groups is 1. The van der Waals surface area contributed by atoms with Crippen LogP contribution in [0.25, 0.3) is 22.6 Å². The first-order valence-corrected chi connectivity index (χ1v) is 5.91. The van der Waals surface area contributed by atoms with Crippen LogP contribution in [0.15, 0.2) is 46.9 Å². The SMILES string of the molecule is CC(=O)c1ccc2nc(-c3ccc(N)cc3)oc2c1. The van der Waals surface area contributed by atoms with Gasteiger partial charge in [-0.25, -0.2) is 4.98 Å². The maximum Gasteiger partial charge on any atom is 0.227 e. The quantitative estimate of drug-likeness (QED) is 0.561. The number of nitrogens with two attached hydrogens (primary N) is 1. The van der Waals surface area contributed by atoms with Gasteiger partial charge in [0.25, 0.3) is 0 Å². The maximum absolute atomic E-state index is 11.3. The van der Waals surface area contributed by atoms with Crippen molar-refractivity contribution in [1.29, 1.82) is 0 Å². The number of carbonyl (C=O) groups excluding carboxylic acids is 1. The maximum atomic E-state index is 11.3. The standard InChI is InChI=1S/C15H12N2O2/c1-9(18)11-4-7-13-14(8-11)19-15(17-13)10-2-5-12(16)6-3-10/h2-8H,16H2,1H3. The molecule has 0 aliphatic rings. The number of hydrogen-bond donors (Lipinski definition) is 1. The average Bonchev–Trinajstić information content (AvgIpc) is 2.82. The summed E-state index contributed by atoms with van der Waals surface area (Å²) in [5.41, 5.74) is 9.16. The number of nitrogen functional groups attached to an aromatic ring is 1. The van der Waals surface area contributed by atoms with Crippen molar-refractivity contribution in [2.75, 3.05) is 5.73 Å². The first-order valence-electron chi connectivity index (χ1n) is 5.91. The van der Waals surface area contributed by atoms with Gasteiger partial charge in [-0.05, 0) is 49.4 Å². The summed E-state index contributed by atoms with van der Waals surface area (Å²) in [5.74, 6) is 0.531. The lowest BCUT2D eigenvalue weighted by atomic mass is 10.1. The van der Waals surface area contributed by atoms with E-state index in [9.17, 15) is 4.79 Å². The molecule has 2 aromatic carbocycles. The molecule has 0 aliphatic heterocycles. The number of Topliss-reactive ketones (excluding diaryl/α,β-unsaturated/α-hetero) is 1. The molecule has 4 heteroatoms. The Morgan fingerprint density at radius 2 is 1.89 bits per heavy atom. The van der Waals surface area contributed by atoms with Gasteiger partial charge in [0.15, 0.2) is 11.4 Å². The Kier molecular flexibility index (Phi) is 2.56. The van der Waals surface area contributed by atoms with Gasteiger partial charge in [0.2, 0.25) is 5.89 Å². The fourth-order valence-corrected chi connectivity index (χ4v) is 1.89. The highest BCUT2D eigenvalue weighted by molar-refractivity contribution is 5.97. The normalized spacial score (nSPS) is 10.8. The second kappa shape index (κ2) is 4.24. The molecular formula is C15H12N2O2. The molecule has 0 radical (unpaired) electrons. The van der Waals surface area contributed by atoms with Gasteiger partial charge >= 0.3 is 0 Å². The number of hydrogen-bond acceptors (Lipinski definition) is 4. The van der Waals surface area contributed by atoms with Crippen LogP contribution in [0.1, 0.15) is 17.3 Å². The summed E-state index contributed by atoms with van der Waals surface area (Å²) in [6.07, 6.45) is 0. The summed E-state index contributed by atoms with van der Waals surface area (Å²) in [7, 11) is 0. The largest absolute Gasteiger partial charge is 0.436 e. The van der Waals surface area contributed by atoms with Gasteiger partial charge in [0.1, 0.15) is 5.52 Å². The monoisotopic (exact) mass is 252 g/mol. The van der Waals surface area contributed by atoms with Crippen LogP contribution in [-0.4, -0.2) is 10.8 Å². The highest BCUT2D eigenvalue weighted by atomic mass is 16.3. The summed E-state index contributed by atoms with van der Waals surface area (Å²) in [6.45, 7) is 1.53. The number of fused-ring (bicyclic) bond motifs is 1. The zero-order chi connectivity index (χ0) is 13.4. The van der Waals surface area contributed by atoms with E-state index in [0.29, 0.717) is 22.7 Å². The molecule has 3 rings (SSSR count). The zero-order valence-corrected chi connectivity index (χ0v) is 10.4. The summed E-state index contributed by atoms with van der Waals surface area (Å²) in [5, 5.41) is 0. The molecule has 3 aromatic rings. The third-order valence-corrected chi connectivity index (χ3v) is 2.95. The molecule has 0 spiro atoms. The molecule has 0 amide bonds. The summed E-state index contributed by atoms with van der Waals surface area (Å²) < 4.78 is 5.68. The molecule has 0 fully saturated rings. The molecule has 0 aliphatic carbocycles. The van der Waals surface area contributed by atoms with Gasteiger partial charge in [-0.2, -0.15) is 0 Å². The summed E-state index contributed by atoms with van der Waals surface area (Å²) in [6, 6.07) is 12.6. The second-order valence-electron chi connectivity index (χ2n) is 4.38. The van der Waals surface area contributed by atoms with E-state index in [0.717, 1.165) is 11.1 Å². The van der Waals surface area contributed by atoms with Gasteiger partial charge in [0, 0.05) is 16.8 Å². The molecule has 1 aromatic heterocycles. The van der Waals surface area contributed by atoms with Crippen LogP contribution >= 0.6 is 0 Å². The highest BCUT2D eigenvalue weighted by Crippen LogP contribution is 2.25. The lowest BCUT2D eigenvalue weighted by molar-refractivity contribution is 0.101. The van der Waals surface area contributed by atoms with E-state index in [1.807, 2.05) is 12.1 Å². The Morgan fingerprint density at radius 1 is 1.16 bits per heavy atom. The summed E-state index contributed by atoms with van der Waals surface area (Å²) >= 11 is 0. The van der Waals surface area contributed by atoms with E-state index in [1.165, 1.54) is 6.92 Å². The van der Waals surface area contributed by atoms with Gasteiger partial charge in [0.05, 0.1) is 0 Å². The van der Waals surface area contributed by atoms with Crippen LogP contribution in [0, 0.1) is 0 Å². The number of benzene rings is 2. The van der Waals surface area contributed by atoms with Crippen molar-refractivity contribution in [2.24, 2.45) is 0 Å². The minimum atomic E-state index is 0.00679. The fraction of sp³-hybridized carbons (Fsp3) is 0.0667. The number of oxazole rings is 1. The third kappa shape index (κ3) is 2.08. The average molecular weight is 252 g/mol. The number of rotatable bonds is 2. The fourth-order valence-electron chi connectivity index (χ4n) is 1.89. The van der Waals surface area contributed by atoms with Crippen LogP contribution in [0.5, 0.6) is 0 Å². The van der Waals surface area contributed by atoms with Crippen molar-refractivity contribution in [3.05, 3.63) is 48.0 Å². The Balaban J connectivity index is 2.11. The Bertz CT molecular complexity index is 757. The van der Waals surface area contributed by atoms with Crippen LogP contribution in [0.2, 0.25) is 0 Å². The zero-order valence-electron chi connectivity index (χ0n) is 10.4. The predicted molar refractivity (Wildman–Crippen MR) is 73.9 cm³/mol. The molecular weight excluding hydrogens is 240 g/mol. The van der Waals surface area contributed by atoms with E-state index in [2.05, 4.69) is 4.98 Å². The number of nitrogens with zero attached hydrogens (tertiary/aromatic N) is 1. The van der Waals surface area contributed by atoms with Crippen LogP contribution < -0.4 is 5.73 Å². The third-order valence-electron chi connectivity index (χ3n) is 2.95. The molecule has 4 nitrogen and oxygen atoms in total. The van der Waals surface area contributed by atoms with Gasteiger partial charge < -0.3 is 10.2 Å². The van der Waals surface area contributed by atoms with Crippen molar-refractivity contribution in [3.63, 3.8) is 0 Å². The van der Waals surface area contributed by atoms with Crippen LogP contribution in [0.4, 0.5) is 5.69 Å². The van der Waals surface area contributed by atoms with E-state index >= 15 is 0 Å². The topological polar surface area (TPSA) is 69.1 Å². The van der Waals surface area contributed by atoms with E-state index in [4.69, 9.17) is 10.2 Å². The van der Waals surface area contributed by atoms with E-state index in [1.54, 1.807) is 30.3 Å². The molecule has 19 heavy (non-hydrogen) atoms. The molecule has 0 atom stereocenters. The van der Waals surface area contributed by atoms with Gasteiger partial charge in [-0.15, -0.1) is 0 Å². The van der Waals surface area contributed by atoms with Crippen LogP contribution in [-0.2, 0) is 0 Å². The molecule has 1 heterocycles. The number of aromatic nitrogens is 1. The van der Waals surface area contributed by atoms with Gasteiger partial charge in [-0.1, -0.05) is 0 Å². The van der Waals surface area contributed by atoms with Gasteiger partial charge in [-0.3, -0.25) is 4.79 Å². The molecule has 0 unspecified atom stereocenters. The Morgan fingerprint density at radius 3 is 2.58 bits per heavy atom. The van der Waals surface area contributed by atoms with Crippen molar-refractivity contribution >= 4 is 22.6 Å². The minimum absolute atomic E-state index is 0.00679. The minimum Gasteiger partial charge on any atom is -0.436 e. The van der Waals surface area contributed by atoms with Crippen molar-refractivity contribution in [3.8, 4) is 11.5 Å². The summed E-state index contributed by atoms with van der Waals surface area (Å²) in [4.78, 5) is 15.7. The molecule has 0 saturated heterocycles. The molecule has 94 valence electrons. The predicted octanol–water partition coefficient (Wildman–Crippen LogP) is 3.28.